The number of methoxy groups -OCH3 is 1. The molecule has 1 heterocycles. The zero-order chi connectivity index (χ0) is 21.1. The molecule has 0 atom stereocenters. The van der Waals surface area contributed by atoms with Crippen LogP contribution in [0, 0.1) is 17.7 Å². The zero-order valence-corrected chi connectivity index (χ0v) is 18.2. The molecule has 0 saturated heterocycles. The number of halogens is 1. The third-order valence-corrected chi connectivity index (χ3v) is 6.72. The summed E-state index contributed by atoms with van der Waals surface area (Å²) < 4.78 is 18.7. The average molecular weight is 418 g/mol. The first-order valence-electron chi connectivity index (χ1n) is 10.1. The lowest BCUT2D eigenvalue weighted by Gasteiger charge is -2.33. The number of esters is 1. The number of benzene rings is 1. The Balaban J connectivity index is 2.02. The Morgan fingerprint density at radius 2 is 1.86 bits per heavy atom. The van der Waals surface area contributed by atoms with E-state index in [1.807, 2.05) is 19.9 Å². The van der Waals surface area contributed by atoms with Gasteiger partial charge in [0, 0.05) is 16.8 Å². The number of carbonyl (C=O) groups excluding carboxylic acids is 2. The van der Waals surface area contributed by atoms with Crippen molar-refractivity contribution in [3.8, 4) is 10.4 Å². The van der Waals surface area contributed by atoms with Gasteiger partial charge in [-0.15, -0.1) is 11.3 Å². The van der Waals surface area contributed by atoms with Crippen LogP contribution in [0.5, 0.6) is 0 Å². The molecule has 1 fully saturated rings. The fraction of sp³-hybridized carbons (Fsp3) is 0.478. The molecule has 156 valence electrons. The summed E-state index contributed by atoms with van der Waals surface area (Å²) in [4.78, 5) is 28.8. The van der Waals surface area contributed by atoms with Gasteiger partial charge in [-0.25, -0.2) is 9.18 Å². The van der Waals surface area contributed by atoms with Crippen LogP contribution in [0.15, 0.2) is 30.3 Å². The van der Waals surface area contributed by atoms with E-state index in [2.05, 4.69) is 6.92 Å². The van der Waals surface area contributed by atoms with E-state index in [9.17, 15) is 14.0 Å². The quantitative estimate of drug-likeness (QED) is 0.568. The average Bonchev–Trinajstić information content (AvgIpc) is 3.12. The molecule has 0 bridgehead atoms. The molecule has 0 radical (unpaired) electrons. The minimum atomic E-state index is -0.483. The summed E-state index contributed by atoms with van der Waals surface area (Å²) in [5.74, 6) is -0.149. The van der Waals surface area contributed by atoms with Crippen molar-refractivity contribution in [3.05, 3.63) is 41.0 Å². The van der Waals surface area contributed by atoms with Gasteiger partial charge in [0.25, 0.3) is 0 Å². The van der Waals surface area contributed by atoms with E-state index in [1.165, 1.54) is 30.6 Å². The van der Waals surface area contributed by atoms with E-state index in [0.29, 0.717) is 22.0 Å². The Morgan fingerprint density at radius 3 is 2.45 bits per heavy atom. The smallest absolute Gasteiger partial charge is 0.350 e. The van der Waals surface area contributed by atoms with Crippen molar-refractivity contribution in [2.75, 3.05) is 12.0 Å². The standard InChI is InChI=1S/C23H28FNO3S/c1-14(2)25(22(26)16-10-8-15(3)9-11-16)19-13-20(29-21(19)23(27)28-4)17-6-5-7-18(24)12-17/h5-7,12-16H,8-11H2,1-4H3. The van der Waals surface area contributed by atoms with Gasteiger partial charge in [-0.2, -0.15) is 0 Å². The lowest BCUT2D eigenvalue weighted by Crippen LogP contribution is -2.42. The van der Waals surface area contributed by atoms with Gasteiger partial charge < -0.3 is 9.64 Å². The molecule has 1 aromatic carbocycles. The van der Waals surface area contributed by atoms with Gasteiger partial charge in [-0.1, -0.05) is 19.1 Å². The SMILES string of the molecule is COC(=O)c1sc(-c2cccc(F)c2)cc1N(C(=O)C1CCC(C)CC1)C(C)C. The van der Waals surface area contributed by atoms with E-state index in [4.69, 9.17) is 4.74 Å². The first-order valence-corrected chi connectivity index (χ1v) is 10.9. The monoisotopic (exact) mass is 417 g/mol. The van der Waals surface area contributed by atoms with Crippen LogP contribution in [-0.4, -0.2) is 25.0 Å². The van der Waals surface area contributed by atoms with Crippen LogP contribution in [0.3, 0.4) is 0 Å². The summed E-state index contributed by atoms with van der Waals surface area (Å²) in [5.41, 5.74) is 1.23. The molecule has 29 heavy (non-hydrogen) atoms. The van der Waals surface area contributed by atoms with Crippen LogP contribution in [-0.2, 0) is 9.53 Å². The highest BCUT2D eigenvalue weighted by Crippen LogP contribution is 2.40. The second-order valence-electron chi connectivity index (χ2n) is 8.09. The van der Waals surface area contributed by atoms with Crippen molar-refractivity contribution in [3.63, 3.8) is 0 Å². The Kier molecular flexibility index (Phi) is 6.73. The molecular formula is C23H28FNO3S. The molecule has 4 nitrogen and oxygen atoms in total. The van der Waals surface area contributed by atoms with Gasteiger partial charge >= 0.3 is 5.97 Å². The zero-order valence-electron chi connectivity index (χ0n) is 17.4. The third kappa shape index (κ3) is 4.69. The number of amides is 1. The predicted molar refractivity (Wildman–Crippen MR) is 115 cm³/mol. The highest BCUT2D eigenvalue weighted by atomic mass is 32.1. The molecule has 6 heteroatoms. The van der Waals surface area contributed by atoms with Crippen molar-refractivity contribution < 1.29 is 18.7 Å². The fourth-order valence-corrected chi connectivity index (χ4v) is 5.00. The largest absolute Gasteiger partial charge is 0.465 e. The molecule has 1 amide bonds. The van der Waals surface area contributed by atoms with Crippen LogP contribution in [0.4, 0.5) is 10.1 Å². The molecule has 0 N–H and O–H groups in total. The Labute approximate surface area is 175 Å². The second kappa shape index (κ2) is 9.08. The van der Waals surface area contributed by atoms with Crippen LogP contribution >= 0.6 is 11.3 Å². The number of ether oxygens (including phenoxy) is 1. The van der Waals surface area contributed by atoms with Gasteiger partial charge in [0.2, 0.25) is 5.91 Å². The van der Waals surface area contributed by atoms with Gasteiger partial charge in [-0.3, -0.25) is 4.79 Å². The molecule has 2 aromatic rings. The lowest BCUT2D eigenvalue weighted by atomic mass is 9.82. The maximum absolute atomic E-state index is 13.7. The number of hydrogen-bond acceptors (Lipinski definition) is 4. The molecule has 1 aromatic heterocycles. The van der Waals surface area contributed by atoms with Crippen molar-refractivity contribution in [1.29, 1.82) is 0 Å². The third-order valence-electron chi connectivity index (χ3n) is 5.57. The number of thiophene rings is 1. The highest BCUT2D eigenvalue weighted by molar-refractivity contribution is 7.18. The van der Waals surface area contributed by atoms with Gasteiger partial charge in [-0.05, 0) is 69.2 Å². The minimum Gasteiger partial charge on any atom is -0.465 e. The molecule has 0 unspecified atom stereocenters. The van der Waals surface area contributed by atoms with E-state index in [1.54, 1.807) is 17.0 Å². The molecular weight excluding hydrogens is 389 g/mol. The maximum Gasteiger partial charge on any atom is 0.350 e. The topological polar surface area (TPSA) is 46.6 Å². The molecule has 3 rings (SSSR count). The van der Waals surface area contributed by atoms with Crippen molar-refractivity contribution in [2.45, 2.75) is 52.5 Å². The summed E-state index contributed by atoms with van der Waals surface area (Å²) in [6.45, 7) is 6.12. The van der Waals surface area contributed by atoms with Gasteiger partial charge in [0.15, 0.2) is 0 Å². The van der Waals surface area contributed by atoms with Crippen LogP contribution in [0.25, 0.3) is 10.4 Å². The Bertz CT molecular complexity index is 884. The summed E-state index contributed by atoms with van der Waals surface area (Å²) in [6.07, 6.45) is 3.84. The summed E-state index contributed by atoms with van der Waals surface area (Å²) >= 11 is 1.23. The van der Waals surface area contributed by atoms with Crippen LogP contribution in [0.1, 0.15) is 56.1 Å². The van der Waals surface area contributed by atoms with Gasteiger partial charge in [0.05, 0.1) is 12.8 Å². The highest BCUT2D eigenvalue weighted by Gasteiger charge is 2.33. The van der Waals surface area contributed by atoms with E-state index >= 15 is 0 Å². The summed E-state index contributed by atoms with van der Waals surface area (Å²) in [5, 5.41) is 0. The number of anilines is 1. The maximum atomic E-state index is 13.7. The summed E-state index contributed by atoms with van der Waals surface area (Å²) in [6, 6.07) is 7.95. The Hall–Kier alpha value is -2.21. The van der Waals surface area contributed by atoms with Crippen LogP contribution < -0.4 is 4.90 Å². The first kappa shape index (κ1) is 21.5. The number of hydrogen-bond donors (Lipinski definition) is 0. The van der Waals surface area contributed by atoms with Crippen molar-refractivity contribution in [1.82, 2.24) is 0 Å². The van der Waals surface area contributed by atoms with Crippen molar-refractivity contribution in [2.24, 2.45) is 11.8 Å². The first-order chi connectivity index (χ1) is 13.8. The van der Waals surface area contributed by atoms with Crippen LogP contribution in [0.2, 0.25) is 0 Å². The molecule has 1 saturated carbocycles. The van der Waals surface area contributed by atoms with Crippen molar-refractivity contribution >= 4 is 28.9 Å². The number of nitrogens with zero attached hydrogens (tertiary/aromatic N) is 1. The normalized spacial score (nSPS) is 19.2. The summed E-state index contributed by atoms with van der Waals surface area (Å²) in [7, 11) is 1.33. The molecule has 0 spiro atoms. The number of carbonyl (C=O) groups is 2. The second-order valence-corrected chi connectivity index (χ2v) is 9.14. The van der Waals surface area contributed by atoms with E-state index in [-0.39, 0.29) is 23.7 Å². The molecule has 0 aliphatic heterocycles. The minimum absolute atomic E-state index is 0.0309. The Morgan fingerprint density at radius 1 is 1.17 bits per heavy atom. The van der Waals surface area contributed by atoms with E-state index < -0.39 is 5.97 Å². The molecule has 1 aliphatic rings. The fourth-order valence-electron chi connectivity index (χ4n) is 3.94. The van der Waals surface area contributed by atoms with Gasteiger partial charge in [0.1, 0.15) is 10.7 Å². The predicted octanol–water partition coefficient (Wildman–Crippen LogP) is 5.91. The number of rotatable bonds is 5. The molecule has 1 aliphatic carbocycles. The lowest BCUT2D eigenvalue weighted by molar-refractivity contribution is -0.123. The van der Waals surface area contributed by atoms with E-state index in [0.717, 1.165) is 30.6 Å².